The van der Waals surface area contributed by atoms with E-state index in [0.29, 0.717) is 22.8 Å². The van der Waals surface area contributed by atoms with Crippen molar-refractivity contribution in [3.05, 3.63) is 71.1 Å². The zero-order valence-electron chi connectivity index (χ0n) is 26.6. The van der Waals surface area contributed by atoms with Gasteiger partial charge in [-0.3, -0.25) is 4.90 Å². The number of para-hydroxylation sites is 1. The van der Waals surface area contributed by atoms with Crippen LogP contribution < -0.4 is 20.4 Å². The van der Waals surface area contributed by atoms with Gasteiger partial charge < -0.3 is 30.2 Å². The molecule has 0 unspecified atom stereocenters. The zero-order chi connectivity index (χ0) is 30.8. The monoisotopic (exact) mass is 615 g/mol. The predicted octanol–water partition coefficient (Wildman–Crippen LogP) is 5.79. The van der Waals surface area contributed by atoms with Crippen LogP contribution in [0.2, 0.25) is 5.02 Å². The summed E-state index contributed by atoms with van der Waals surface area (Å²) in [5.41, 5.74) is 6.90. The van der Waals surface area contributed by atoms with Crippen molar-refractivity contribution in [3.8, 4) is 0 Å². The summed E-state index contributed by atoms with van der Waals surface area (Å²) in [5.74, 6) is 2.02. The summed E-state index contributed by atoms with van der Waals surface area (Å²) in [7, 11) is 6.26. The number of hydrogen-bond acceptors (Lipinski definition) is 9. The van der Waals surface area contributed by atoms with Crippen molar-refractivity contribution < 1.29 is 0 Å². The standard InChI is InChI=1S/C34H46ClN9/c1-6-25-22-28(42-15-13-27(14-16-42)43-20-18-41(5)19-21-43)10-11-30(25)38-34-36-23-29(35)33(39-34)37-31-9-7-8-26-12-17-44(32(26)31)24(2)40(3)4/h7-11,22-23,27H,2,6,12-21H2,1,3-5H3,(H2,36,37,38,39). The highest BCUT2D eigenvalue weighted by atomic mass is 35.5. The first-order valence-corrected chi connectivity index (χ1v) is 16.3. The number of likely N-dealkylation sites (N-methyl/N-ethyl adjacent to an activating group) is 1. The van der Waals surface area contributed by atoms with Gasteiger partial charge in [0, 0.05) is 77.3 Å². The van der Waals surface area contributed by atoms with Gasteiger partial charge >= 0.3 is 0 Å². The molecule has 2 aromatic carbocycles. The molecule has 0 spiro atoms. The Bertz CT molecular complexity index is 1480. The fourth-order valence-corrected chi connectivity index (χ4v) is 6.83. The molecular formula is C34H46ClN9. The Morgan fingerprint density at radius 3 is 2.50 bits per heavy atom. The summed E-state index contributed by atoms with van der Waals surface area (Å²) in [5, 5.41) is 7.44. The molecule has 6 rings (SSSR count). The molecule has 0 atom stereocenters. The molecule has 0 radical (unpaired) electrons. The fraction of sp³-hybridized carbons (Fsp3) is 0.471. The van der Waals surface area contributed by atoms with Crippen LogP contribution in [0.5, 0.6) is 0 Å². The minimum Gasteiger partial charge on any atom is -0.371 e. The second-order valence-corrected chi connectivity index (χ2v) is 12.8. The number of fused-ring (bicyclic) bond motifs is 1. The van der Waals surface area contributed by atoms with Crippen LogP contribution in [0.15, 0.2) is 55.0 Å². The first kappa shape index (κ1) is 30.5. The lowest BCUT2D eigenvalue weighted by molar-refractivity contribution is 0.0982. The average molecular weight is 616 g/mol. The highest BCUT2D eigenvalue weighted by Gasteiger charge is 2.28. The van der Waals surface area contributed by atoms with Crippen molar-refractivity contribution in [3.63, 3.8) is 0 Å². The molecule has 2 fully saturated rings. The molecule has 0 saturated carbocycles. The van der Waals surface area contributed by atoms with E-state index in [1.165, 1.54) is 55.8 Å². The molecule has 3 aliphatic heterocycles. The number of hydrogen-bond donors (Lipinski definition) is 2. The summed E-state index contributed by atoms with van der Waals surface area (Å²) in [6.07, 6.45) is 5.99. The maximum Gasteiger partial charge on any atom is 0.229 e. The van der Waals surface area contributed by atoms with Crippen molar-refractivity contribution in [2.24, 2.45) is 0 Å². The lowest BCUT2D eigenvalue weighted by atomic mass is 10.0. The summed E-state index contributed by atoms with van der Waals surface area (Å²) >= 11 is 6.62. The second-order valence-electron chi connectivity index (χ2n) is 12.4. The Morgan fingerprint density at radius 2 is 1.77 bits per heavy atom. The molecule has 0 bridgehead atoms. The van der Waals surface area contributed by atoms with Crippen LogP contribution in [0.4, 0.5) is 34.5 Å². The molecule has 4 heterocycles. The van der Waals surface area contributed by atoms with Gasteiger partial charge in [-0.25, -0.2) is 4.98 Å². The van der Waals surface area contributed by atoms with Crippen molar-refractivity contribution in [1.29, 1.82) is 0 Å². The van der Waals surface area contributed by atoms with E-state index in [1.807, 2.05) is 19.0 Å². The molecule has 10 heteroatoms. The summed E-state index contributed by atoms with van der Waals surface area (Å²) in [6, 6.07) is 13.7. The van der Waals surface area contributed by atoms with E-state index in [0.717, 1.165) is 55.4 Å². The molecule has 2 N–H and O–H groups in total. The number of anilines is 6. The van der Waals surface area contributed by atoms with Gasteiger partial charge in [-0.1, -0.05) is 37.2 Å². The number of rotatable bonds is 9. The third-order valence-electron chi connectivity index (χ3n) is 9.42. The average Bonchev–Trinajstić information content (AvgIpc) is 3.48. The number of halogens is 1. The van der Waals surface area contributed by atoms with Crippen LogP contribution in [0, 0.1) is 0 Å². The zero-order valence-corrected chi connectivity index (χ0v) is 27.4. The number of piperazine rings is 1. The number of piperidine rings is 1. The van der Waals surface area contributed by atoms with Gasteiger partial charge in [0.2, 0.25) is 5.95 Å². The van der Waals surface area contributed by atoms with Gasteiger partial charge in [0.05, 0.1) is 17.6 Å². The molecule has 44 heavy (non-hydrogen) atoms. The third kappa shape index (κ3) is 6.46. The third-order valence-corrected chi connectivity index (χ3v) is 9.70. The summed E-state index contributed by atoms with van der Waals surface area (Å²) in [4.78, 5) is 21.3. The molecule has 0 amide bonds. The van der Waals surface area contributed by atoms with Crippen LogP contribution in [0.1, 0.15) is 30.9 Å². The molecular weight excluding hydrogens is 570 g/mol. The summed E-state index contributed by atoms with van der Waals surface area (Å²) in [6.45, 7) is 14.3. The van der Waals surface area contributed by atoms with Crippen LogP contribution >= 0.6 is 11.6 Å². The summed E-state index contributed by atoms with van der Waals surface area (Å²) < 4.78 is 0. The Morgan fingerprint density at radius 1 is 1.00 bits per heavy atom. The smallest absolute Gasteiger partial charge is 0.229 e. The van der Waals surface area contributed by atoms with Gasteiger partial charge in [-0.2, -0.15) is 4.98 Å². The van der Waals surface area contributed by atoms with Crippen LogP contribution in [-0.2, 0) is 12.8 Å². The Hall–Kier alpha value is -3.53. The number of aryl methyl sites for hydroxylation is 1. The number of nitrogens with one attached hydrogen (secondary N) is 2. The highest BCUT2D eigenvalue weighted by molar-refractivity contribution is 6.33. The molecule has 3 aliphatic rings. The molecule has 9 nitrogen and oxygen atoms in total. The van der Waals surface area contributed by atoms with Crippen LogP contribution in [0.3, 0.4) is 0 Å². The quantitative estimate of drug-likeness (QED) is 0.311. The lowest BCUT2D eigenvalue weighted by Crippen LogP contribution is -2.52. The van der Waals surface area contributed by atoms with Crippen LogP contribution in [-0.4, -0.2) is 97.7 Å². The van der Waals surface area contributed by atoms with Crippen molar-refractivity contribution >= 4 is 46.1 Å². The van der Waals surface area contributed by atoms with Gasteiger partial charge in [0.15, 0.2) is 5.82 Å². The van der Waals surface area contributed by atoms with E-state index in [9.17, 15) is 0 Å². The van der Waals surface area contributed by atoms with Gasteiger partial charge in [-0.05, 0) is 68.1 Å². The molecule has 234 valence electrons. The maximum atomic E-state index is 6.62. The van der Waals surface area contributed by atoms with E-state index in [4.69, 9.17) is 16.6 Å². The SMILES string of the molecule is C=C(N(C)C)N1CCc2cccc(Nc3nc(Nc4ccc(N5CCC(N6CCN(C)CC6)CC5)cc4CC)ncc3Cl)c21. The van der Waals surface area contributed by atoms with Crippen molar-refractivity contribution in [1.82, 2.24) is 24.7 Å². The first-order chi connectivity index (χ1) is 21.3. The van der Waals surface area contributed by atoms with E-state index >= 15 is 0 Å². The van der Waals surface area contributed by atoms with Crippen LogP contribution in [0.25, 0.3) is 0 Å². The largest absolute Gasteiger partial charge is 0.371 e. The Labute approximate surface area is 267 Å². The Balaban J connectivity index is 1.15. The molecule has 0 aliphatic carbocycles. The van der Waals surface area contributed by atoms with Gasteiger partial charge in [-0.15, -0.1) is 0 Å². The van der Waals surface area contributed by atoms with Crippen molar-refractivity contribution in [2.75, 3.05) is 87.4 Å². The fourth-order valence-electron chi connectivity index (χ4n) is 6.69. The molecule has 2 saturated heterocycles. The Kier molecular flexibility index (Phi) is 9.16. The molecule has 3 aromatic rings. The van der Waals surface area contributed by atoms with Gasteiger partial charge in [0.25, 0.3) is 0 Å². The second kappa shape index (κ2) is 13.2. The lowest BCUT2D eigenvalue weighted by Gasteiger charge is -2.42. The minimum absolute atomic E-state index is 0.468. The van der Waals surface area contributed by atoms with Gasteiger partial charge in [0.1, 0.15) is 10.8 Å². The van der Waals surface area contributed by atoms with Crippen molar-refractivity contribution in [2.45, 2.75) is 38.6 Å². The minimum atomic E-state index is 0.468. The van der Waals surface area contributed by atoms with E-state index in [2.05, 4.69) is 92.2 Å². The van der Waals surface area contributed by atoms with E-state index < -0.39 is 0 Å². The van der Waals surface area contributed by atoms with E-state index in [1.54, 1.807) is 6.20 Å². The van der Waals surface area contributed by atoms with E-state index in [-0.39, 0.29) is 0 Å². The predicted molar refractivity (Wildman–Crippen MR) is 184 cm³/mol. The molecule has 1 aromatic heterocycles. The number of aromatic nitrogens is 2. The topological polar surface area (TPSA) is 66.0 Å². The maximum absolute atomic E-state index is 6.62. The number of benzene rings is 2. The normalized spacial score (nSPS) is 17.9. The number of nitrogens with zero attached hydrogens (tertiary/aromatic N) is 7. The first-order valence-electron chi connectivity index (χ1n) is 15.9. The highest BCUT2D eigenvalue weighted by Crippen LogP contribution is 2.40.